The van der Waals surface area contributed by atoms with E-state index < -0.39 is 69.0 Å². The first kappa shape index (κ1) is 37.0. The van der Waals surface area contributed by atoms with Gasteiger partial charge in [-0.25, -0.2) is 9.59 Å². The number of aromatic nitrogens is 2. The van der Waals surface area contributed by atoms with Gasteiger partial charge in [0.1, 0.15) is 23.3 Å². The van der Waals surface area contributed by atoms with Crippen LogP contribution in [0.1, 0.15) is 85.5 Å². The molecule has 2 aromatic heterocycles. The maximum Gasteiger partial charge on any atom is 0.344 e. The lowest BCUT2D eigenvalue weighted by Gasteiger charge is -2.23. The average molecular weight is 685 g/mol. The van der Waals surface area contributed by atoms with E-state index in [1.807, 2.05) is 13.8 Å². The van der Waals surface area contributed by atoms with Gasteiger partial charge in [0.15, 0.2) is 37.0 Å². The van der Waals surface area contributed by atoms with Gasteiger partial charge in [-0.05, 0) is 25.0 Å². The molecule has 0 saturated carbocycles. The summed E-state index contributed by atoms with van der Waals surface area (Å²) < 4.78 is 48.8. The summed E-state index contributed by atoms with van der Waals surface area (Å²) in [4.78, 5) is 24.9. The molecule has 16 heteroatoms. The van der Waals surface area contributed by atoms with Crippen molar-refractivity contribution < 1.29 is 71.7 Å². The maximum absolute atomic E-state index is 13.4. The van der Waals surface area contributed by atoms with Crippen molar-refractivity contribution in [2.45, 2.75) is 102 Å². The van der Waals surface area contributed by atoms with Crippen molar-refractivity contribution in [3.8, 4) is 0 Å². The van der Waals surface area contributed by atoms with Crippen LogP contribution in [0.4, 0.5) is 0 Å². The number of unbranched alkanes of at least 4 members (excludes halogenated alkanes) is 4. The van der Waals surface area contributed by atoms with Crippen LogP contribution in [0.3, 0.4) is 0 Å². The molecule has 260 valence electrons. The number of hydrogen-bond acceptors (Lipinski definition) is 13. The summed E-state index contributed by atoms with van der Waals surface area (Å²) >= 11 is 0. The number of hydrogen-bond donors (Lipinski definition) is 4. The van der Waals surface area contributed by atoms with E-state index in [0.29, 0.717) is 0 Å². The molecule has 2 aliphatic rings. The molecule has 0 aromatic carbocycles. The zero-order valence-corrected chi connectivity index (χ0v) is 27.6. The molecule has 0 amide bonds. The summed E-state index contributed by atoms with van der Waals surface area (Å²) in [5.74, 6) is -1.13. The molecule has 2 aromatic rings. The predicted octanol–water partition coefficient (Wildman–Crippen LogP) is 1.67. The van der Waals surface area contributed by atoms with E-state index in [9.17, 15) is 34.6 Å². The maximum atomic E-state index is 13.4. The Hall–Kier alpha value is -2.85. The van der Waals surface area contributed by atoms with Crippen LogP contribution in [-0.2, 0) is 32.6 Å². The molecule has 0 aliphatic carbocycles. The van der Waals surface area contributed by atoms with E-state index in [1.165, 1.54) is 58.2 Å². The smallest absolute Gasteiger partial charge is 0.344 e. The SMILES string of the molecule is CCCCCOC(=O)c1ccc[n+]([C@@H]2O[C@H](OP(C)(=O)O[C@H]3O[C@@H]([n+]4cccc(C(=O)OCCCCC)c4)[C@@H](O)[C@H]3O)[C@H](O)[C@@H]2O)c1. The van der Waals surface area contributed by atoms with Gasteiger partial charge in [0, 0.05) is 18.8 Å². The van der Waals surface area contributed by atoms with Gasteiger partial charge < -0.3 is 29.9 Å². The Morgan fingerprint density at radius 1 is 0.723 bits per heavy atom. The lowest BCUT2D eigenvalue weighted by atomic mass is 10.2. The monoisotopic (exact) mass is 684 g/mol. The summed E-state index contributed by atoms with van der Waals surface area (Å²) in [7, 11) is -4.20. The number of carbonyl (C=O) groups excluding carboxylic acids is 2. The van der Waals surface area contributed by atoms with Crippen LogP contribution < -0.4 is 9.13 Å². The Balaban J connectivity index is 1.37. The number of aliphatic hydroxyl groups excluding tert-OH is 4. The fourth-order valence-electron chi connectivity index (χ4n) is 5.07. The standard InChI is InChI=1S/C31H45N2O13P/c1-4-6-8-16-41-28(38)20-12-10-14-32(18-20)26-22(34)24(36)30(43-26)45-47(3,40)46-31-25(37)23(35)27(44-31)33-15-11-13-21(19-33)29(39)42-17-9-7-5-2/h10-15,18-19,22-27,30-31,34-37H,4-9,16-17H2,1-3H3/q+2/t22-,23-,24+,25+,26+,27+,30+,31+/m0/s1. The predicted molar refractivity (Wildman–Crippen MR) is 160 cm³/mol. The zero-order chi connectivity index (χ0) is 34.1. The Morgan fingerprint density at radius 2 is 1.13 bits per heavy atom. The Morgan fingerprint density at radius 3 is 1.51 bits per heavy atom. The quantitative estimate of drug-likeness (QED) is 0.0864. The molecule has 15 nitrogen and oxygen atoms in total. The van der Waals surface area contributed by atoms with E-state index in [0.717, 1.165) is 45.2 Å². The zero-order valence-electron chi connectivity index (χ0n) is 26.7. The second-order valence-electron chi connectivity index (χ2n) is 11.5. The van der Waals surface area contributed by atoms with Gasteiger partial charge in [-0.1, -0.05) is 39.5 Å². The van der Waals surface area contributed by atoms with Crippen molar-refractivity contribution in [1.29, 1.82) is 0 Å². The van der Waals surface area contributed by atoms with E-state index in [4.69, 9.17) is 28.0 Å². The number of rotatable bonds is 16. The molecule has 0 radical (unpaired) electrons. The van der Waals surface area contributed by atoms with Crippen molar-refractivity contribution in [3.05, 3.63) is 60.2 Å². The minimum absolute atomic E-state index is 0.191. The molecule has 8 atom stereocenters. The molecule has 4 N–H and O–H groups in total. The summed E-state index contributed by atoms with van der Waals surface area (Å²) in [6.45, 7) is 5.64. The molecule has 2 fully saturated rings. The first-order valence-electron chi connectivity index (χ1n) is 15.8. The molecular weight excluding hydrogens is 639 g/mol. The fourth-order valence-corrected chi connectivity index (χ4v) is 6.22. The molecule has 4 heterocycles. The largest absolute Gasteiger partial charge is 0.462 e. The molecule has 0 spiro atoms. The van der Waals surface area contributed by atoms with Crippen LogP contribution in [0.5, 0.6) is 0 Å². The highest BCUT2D eigenvalue weighted by molar-refractivity contribution is 7.53. The lowest BCUT2D eigenvalue weighted by Crippen LogP contribution is -2.46. The highest BCUT2D eigenvalue weighted by atomic mass is 31.2. The van der Waals surface area contributed by atoms with E-state index in [2.05, 4.69) is 0 Å². The third kappa shape index (κ3) is 9.62. The summed E-state index contributed by atoms with van der Waals surface area (Å²) in [6.07, 6.45) is -1.18. The minimum atomic E-state index is -4.20. The highest BCUT2D eigenvalue weighted by Crippen LogP contribution is 2.50. The normalized spacial score (nSPS) is 27.6. The second-order valence-corrected chi connectivity index (χ2v) is 13.5. The molecule has 47 heavy (non-hydrogen) atoms. The van der Waals surface area contributed by atoms with Crippen LogP contribution in [0, 0.1) is 0 Å². The number of pyridine rings is 2. The van der Waals surface area contributed by atoms with Gasteiger partial charge in [0.25, 0.3) is 12.5 Å². The molecular formula is C31H45N2O13P+2. The van der Waals surface area contributed by atoms with Gasteiger partial charge in [-0.3, -0.25) is 23.1 Å². The topological polar surface area (TPSA) is 195 Å². The van der Waals surface area contributed by atoms with E-state index >= 15 is 0 Å². The Bertz CT molecular complexity index is 1300. The molecule has 2 saturated heterocycles. The summed E-state index contributed by atoms with van der Waals surface area (Å²) in [5, 5.41) is 42.7. The first-order valence-corrected chi connectivity index (χ1v) is 17.8. The van der Waals surface area contributed by atoms with Gasteiger partial charge >= 0.3 is 19.5 Å². The Labute approximate surface area is 273 Å². The molecule has 2 aliphatic heterocycles. The van der Waals surface area contributed by atoms with Gasteiger partial charge in [0.2, 0.25) is 12.6 Å². The van der Waals surface area contributed by atoms with Gasteiger partial charge in [0.05, 0.1) is 13.2 Å². The minimum Gasteiger partial charge on any atom is -0.462 e. The third-order valence-corrected chi connectivity index (χ3v) is 8.83. The van der Waals surface area contributed by atoms with Crippen LogP contribution in [0.15, 0.2) is 49.1 Å². The number of nitrogens with zero attached hydrogens (tertiary/aromatic N) is 2. The number of aliphatic hydroxyl groups is 4. The third-order valence-electron chi connectivity index (χ3n) is 7.65. The lowest BCUT2D eigenvalue weighted by molar-refractivity contribution is -0.767. The number of carbonyl (C=O) groups is 2. The Kier molecular flexibility index (Phi) is 13.4. The first-order chi connectivity index (χ1) is 22.5. The van der Waals surface area contributed by atoms with Crippen LogP contribution >= 0.6 is 7.60 Å². The van der Waals surface area contributed by atoms with Crippen LogP contribution in [-0.4, -0.2) is 89.2 Å². The molecule has 0 unspecified atom stereocenters. The summed E-state index contributed by atoms with van der Waals surface area (Å²) in [6, 6.07) is 6.14. The average Bonchev–Trinajstić information content (AvgIpc) is 3.49. The van der Waals surface area contributed by atoms with Gasteiger partial charge in [-0.15, -0.1) is 0 Å². The number of ether oxygens (including phenoxy) is 4. The second kappa shape index (κ2) is 17.0. The van der Waals surface area contributed by atoms with E-state index in [-0.39, 0.29) is 24.3 Å². The van der Waals surface area contributed by atoms with Gasteiger partial charge in [-0.2, -0.15) is 9.13 Å². The van der Waals surface area contributed by atoms with Crippen molar-refractivity contribution >= 4 is 19.5 Å². The van der Waals surface area contributed by atoms with Crippen molar-refractivity contribution in [1.82, 2.24) is 0 Å². The van der Waals surface area contributed by atoms with Crippen molar-refractivity contribution in [3.63, 3.8) is 0 Å². The van der Waals surface area contributed by atoms with Crippen LogP contribution in [0.25, 0.3) is 0 Å². The van der Waals surface area contributed by atoms with Crippen LogP contribution in [0.2, 0.25) is 0 Å². The highest BCUT2D eigenvalue weighted by Gasteiger charge is 2.54. The summed E-state index contributed by atoms with van der Waals surface area (Å²) in [5.41, 5.74) is 0.381. The van der Waals surface area contributed by atoms with Crippen molar-refractivity contribution in [2.75, 3.05) is 19.9 Å². The van der Waals surface area contributed by atoms with Crippen molar-refractivity contribution in [2.24, 2.45) is 0 Å². The fraction of sp³-hybridized carbons (Fsp3) is 0.613. The van der Waals surface area contributed by atoms with E-state index in [1.54, 1.807) is 0 Å². The molecule has 4 rings (SSSR count). The number of esters is 2. The molecule has 0 bridgehead atoms.